The minimum atomic E-state index is -0.123. The Morgan fingerprint density at radius 2 is 1.96 bits per heavy atom. The van der Waals surface area contributed by atoms with E-state index >= 15 is 0 Å². The molecule has 1 saturated heterocycles. The number of aryl methyl sites for hydroxylation is 1. The molecular weight excluding hydrogens is 358 g/mol. The maximum absolute atomic E-state index is 12.5. The van der Waals surface area contributed by atoms with Crippen LogP contribution in [-0.4, -0.2) is 40.0 Å². The topological polar surface area (TPSA) is 71.0 Å². The lowest BCUT2D eigenvalue weighted by Gasteiger charge is -2.34. The van der Waals surface area contributed by atoms with Crippen LogP contribution in [0.1, 0.15) is 28.9 Å². The van der Waals surface area contributed by atoms with E-state index in [2.05, 4.69) is 56.4 Å². The van der Waals surface area contributed by atoms with Gasteiger partial charge in [-0.15, -0.1) is 11.3 Å². The molecule has 1 aliphatic rings. The van der Waals surface area contributed by atoms with Crippen LogP contribution in [0.25, 0.3) is 10.8 Å². The SMILES string of the molecule is Cc1cccc(N2CCC(NC(=O)c3csc(-c4ncccn4)n3)CC2)c1. The van der Waals surface area contributed by atoms with Crippen LogP contribution in [0.5, 0.6) is 0 Å². The number of aromatic nitrogens is 3. The second-order valence-electron chi connectivity index (χ2n) is 6.68. The maximum atomic E-state index is 12.5. The van der Waals surface area contributed by atoms with E-state index in [4.69, 9.17) is 0 Å². The quantitative estimate of drug-likeness (QED) is 0.753. The number of carbonyl (C=O) groups excluding carboxylic acids is 1. The lowest BCUT2D eigenvalue weighted by Crippen LogP contribution is -2.44. The Labute approximate surface area is 162 Å². The van der Waals surface area contributed by atoms with Gasteiger partial charge in [0, 0.05) is 42.6 Å². The van der Waals surface area contributed by atoms with Gasteiger partial charge in [-0.25, -0.2) is 15.0 Å². The van der Waals surface area contributed by atoms with E-state index in [-0.39, 0.29) is 11.9 Å². The van der Waals surface area contributed by atoms with Gasteiger partial charge in [0.2, 0.25) is 0 Å². The third-order valence-electron chi connectivity index (χ3n) is 4.69. The van der Waals surface area contributed by atoms with Crippen molar-refractivity contribution in [3.63, 3.8) is 0 Å². The summed E-state index contributed by atoms with van der Waals surface area (Å²) >= 11 is 1.39. The summed E-state index contributed by atoms with van der Waals surface area (Å²) in [6, 6.07) is 10.5. The normalized spacial score (nSPS) is 14.9. The monoisotopic (exact) mass is 379 g/mol. The Kier molecular flexibility index (Phi) is 5.11. The Morgan fingerprint density at radius 3 is 2.70 bits per heavy atom. The van der Waals surface area contributed by atoms with Gasteiger partial charge in [0.05, 0.1) is 0 Å². The highest BCUT2D eigenvalue weighted by atomic mass is 32.1. The number of carbonyl (C=O) groups is 1. The van der Waals surface area contributed by atoms with E-state index in [1.807, 2.05) is 0 Å². The number of hydrogen-bond donors (Lipinski definition) is 1. The Hall–Kier alpha value is -2.80. The molecule has 27 heavy (non-hydrogen) atoms. The van der Waals surface area contributed by atoms with Gasteiger partial charge in [-0.05, 0) is 43.5 Å². The fourth-order valence-corrected chi connectivity index (χ4v) is 4.00. The Balaban J connectivity index is 1.34. The van der Waals surface area contributed by atoms with Crippen LogP contribution in [0.2, 0.25) is 0 Å². The van der Waals surface area contributed by atoms with Gasteiger partial charge in [-0.1, -0.05) is 12.1 Å². The first-order valence-corrected chi connectivity index (χ1v) is 9.92. The van der Waals surface area contributed by atoms with Crippen molar-refractivity contribution < 1.29 is 4.79 Å². The van der Waals surface area contributed by atoms with Crippen molar-refractivity contribution in [3.8, 4) is 10.8 Å². The largest absolute Gasteiger partial charge is 0.371 e. The molecule has 0 atom stereocenters. The van der Waals surface area contributed by atoms with Gasteiger partial charge in [-0.3, -0.25) is 4.79 Å². The first kappa shape index (κ1) is 17.6. The van der Waals surface area contributed by atoms with Crippen LogP contribution >= 0.6 is 11.3 Å². The molecule has 4 rings (SSSR count). The number of benzene rings is 1. The van der Waals surface area contributed by atoms with Crippen LogP contribution in [0.3, 0.4) is 0 Å². The van der Waals surface area contributed by atoms with Crippen molar-refractivity contribution in [1.82, 2.24) is 20.3 Å². The molecule has 7 heteroatoms. The zero-order chi connectivity index (χ0) is 18.6. The van der Waals surface area contributed by atoms with Crippen molar-refractivity contribution in [2.45, 2.75) is 25.8 Å². The van der Waals surface area contributed by atoms with E-state index in [0.29, 0.717) is 16.5 Å². The highest BCUT2D eigenvalue weighted by Gasteiger charge is 2.22. The van der Waals surface area contributed by atoms with Gasteiger partial charge in [0.15, 0.2) is 10.8 Å². The van der Waals surface area contributed by atoms with Crippen molar-refractivity contribution in [1.29, 1.82) is 0 Å². The number of amides is 1. The molecule has 0 saturated carbocycles. The minimum absolute atomic E-state index is 0.123. The number of piperidine rings is 1. The molecule has 0 bridgehead atoms. The number of nitrogens with one attached hydrogen (secondary N) is 1. The number of anilines is 1. The van der Waals surface area contributed by atoms with Crippen molar-refractivity contribution >= 4 is 22.9 Å². The molecule has 0 aliphatic carbocycles. The molecule has 1 aliphatic heterocycles. The number of nitrogens with zero attached hydrogens (tertiary/aromatic N) is 4. The van der Waals surface area contributed by atoms with Crippen LogP contribution in [0.4, 0.5) is 5.69 Å². The molecule has 1 amide bonds. The minimum Gasteiger partial charge on any atom is -0.371 e. The first-order valence-electron chi connectivity index (χ1n) is 9.04. The predicted molar refractivity (Wildman–Crippen MR) is 107 cm³/mol. The molecular formula is C20H21N5OS. The molecule has 0 radical (unpaired) electrons. The summed E-state index contributed by atoms with van der Waals surface area (Å²) in [6.07, 6.45) is 5.20. The third-order valence-corrected chi connectivity index (χ3v) is 5.53. The van der Waals surface area contributed by atoms with E-state index in [1.54, 1.807) is 23.8 Å². The van der Waals surface area contributed by atoms with Crippen molar-refractivity contribution in [2.75, 3.05) is 18.0 Å². The number of hydrogen-bond acceptors (Lipinski definition) is 6. The highest BCUT2D eigenvalue weighted by Crippen LogP contribution is 2.22. The lowest BCUT2D eigenvalue weighted by atomic mass is 10.0. The van der Waals surface area contributed by atoms with Crippen LogP contribution < -0.4 is 10.2 Å². The number of thiazole rings is 1. The molecule has 6 nitrogen and oxygen atoms in total. The lowest BCUT2D eigenvalue weighted by molar-refractivity contribution is 0.0927. The molecule has 2 aromatic heterocycles. The summed E-state index contributed by atoms with van der Waals surface area (Å²) < 4.78 is 0. The average Bonchev–Trinajstić information content (AvgIpc) is 3.20. The average molecular weight is 379 g/mol. The molecule has 0 unspecified atom stereocenters. The van der Waals surface area contributed by atoms with Crippen LogP contribution in [0.15, 0.2) is 48.1 Å². The standard InChI is InChI=1S/C20H21N5OS/c1-14-4-2-5-16(12-14)25-10-6-15(7-11-25)23-19(26)17-13-27-20(24-17)18-21-8-3-9-22-18/h2-5,8-9,12-13,15H,6-7,10-11H2,1H3,(H,23,26). The van der Waals surface area contributed by atoms with E-state index in [1.165, 1.54) is 22.6 Å². The molecule has 3 heterocycles. The summed E-state index contributed by atoms with van der Waals surface area (Å²) in [6.45, 7) is 3.99. The summed E-state index contributed by atoms with van der Waals surface area (Å²) in [7, 11) is 0. The second kappa shape index (κ2) is 7.84. The van der Waals surface area contributed by atoms with E-state index < -0.39 is 0 Å². The summed E-state index contributed by atoms with van der Waals surface area (Å²) in [5.74, 6) is 0.426. The molecule has 1 fully saturated rings. The molecule has 1 N–H and O–H groups in total. The molecule has 138 valence electrons. The second-order valence-corrected chi connectivity index (χ2v) is 7.54. The Bertz CT molecular complexity index is 919. The summed E-state index contributed by atoms with van der Waals surface area (Å²) in [5.41, 5.74) is 2.96. The molecule has 1 aromatic carbocycles. The fraction of sp³-hybridized carbons (Fsp3) is 0.300. The molecule has 3 aromatic rings. The van der Waals surface area contributed by atoms with E-state index in [9.17, 15) is 4.79 Å². The van der Waals surface area contributed by atoms with Gasteiger partial charge in [0.1, 0.15) is 5.69 Å². The summed E-state index contributed by atoms with van der Waals surface area (Å²) in [5, 5.41) is 5.55. The molecule has 0 spiro atoms. The number of rotatable bonds is 4. The zero-order valence-corrected chi connectivity index (χ0v) is 15.9. The van der Waals surface area contributed by atoms with Gasteiger partial charge < -0.3 is 10.2 Å². The van der Waals surface area contributed by atoms with Crippen LogP contribution in [0, 0.1) is 6.92 Å². The van der Waals surface area contributed by atoms with Gasteiger partial charge >= 0.3 is 0 Å². The van der Waals surface area contributed by atoms with Gasteiger partial charge in [-0.2, -0.15) is 0 Å². The Morgan fingerprint density at radius 1 is 1.19 bits per heavy atom. The van der Waals surface area contributed by atoms with Crippen molar-refractivity contribution in [2.24, 2.45) is 0 Å². The summed E-state index contributed by atoms with van der Waals surface area (Å²) in [4.78, 5) is 27.7. The van der Waals surface area contributed by atoms with E-state index in [0.717, 1.165) is 25.9 Å². The maximum Gasteiger partial charge on any atom is 0.270 e. The highest BCUT2D eigenvalue weighted by molar-refractivity contribution is 7.13. The zero-order valence-electron chi connectivity index (χ0n) is 15.1. The fourth-order valence-electron chi connectivity index (χ4n) is 3.26. The van der Waals surface area contributed by atoms with Crippen molar-refractivity contribution in [3.05, 3.63) is 59.4 Å². The van der Waals surface area contributed by atoms with Crippen LogP contribution in [-0.2, 0) is 0 Å². The smallest absolute Gasteiger partial charge is 0.270 e. The first-order chi connectivity index (χ1) is 13.2. The predicted octanol–water partition coefficient (Wildman–Crippen LogP) is 3.31. The van der Waals surface area contributed by atoms with Gasteiger partial charge in [0.25, 0.3) is 5.91 Å². The third kappa shape index (κ3) is 4.14.